The van der Waals surface area contributed by atoms with Gasteiger partial charge in [0.2, 0.25) is 5.82 Å². The highest BCUT2D eigenvalue weighted by Gasteiger charge is 2.26. The molecule has 11 heteroatoms. The molecule has 0 amide bonds. The highest BCUT2D eigenvalue weighted by atomic mass is 16.5. The summed E-state index contributed by atoms with van der Waals surface area (Å²) in [6, 6.07) is 8.26. The Labute approximate surface area is 186 Å². The van der Waals surface area contributed by atoms with Crippen LogP contribution >= 0.6 is 0 Å². The van der Waals surface area contributed by atoms with E-state index in [1.165, 1.54) is 10.4 Å². The fourth-order valence-electron chi connectivity index (χ4n) is 3.44. The molecule has 1 fully saturated rings. The molecule has 1 atom stereocenters. The lowest BCUT2D eigenvalue weighted by Crippen LogP contribution is -2.38. The molecule has 0 radical (unpaired) electrons. The van der Waals surface area contributed by atoms with E-state index in [0.717, 1.165) is 44.8 Å². The van der Waals surface area contributed by atoms with Crippen molar-refractivity contribution < 1.29 is 19.4 Å². The number of unbranched alkanes of at least 4 members (excludes halogenated alkanes) is 1. The normalized spacial score (nSPS) is 16.2. The summed E-state index contributed by atoms with van der Waals surface area (Å²) < 4.78 is 14.0. The average Bonchev–Trinajstić information content (AvgIpc) is 3.47. The van der Waals surface area contributed by atoms with Gasteiger partial charge in [0.15, 0.2) is 0 Å². The molecule has 1 saturated heterocycles. The first-order valence-corrected chi connectivity index (χ1v) is 10.5. The second kappa shape index (κ2) is 12.5. The first-order valence-electron chi connectivity index (χ1n) is 10.5. The summed E-state index contributed by atoms with van der Waals surface area (Å²) >= 11 is 0. The van der Waals surface area contributed by atoms with Crippen LogP contribution in [0.25, 0.3) is 0 Å². The predicted octanol–water partition coefficient (Wildman–Crippen LogP) is 1.54. The SMILES string of the molecule is Cn1nnc(C2CN(Cc3ccccc3OCCCCn3ccnc3)CCO2)n1.O=CO. The number of benzene rings is 1. The van der Waals surface area contributed by atoms with E-state index in [2.05, 4.69) is 42.0 Å². The van der Waals surface area contributed by atoms with Crippen molar-refractivity contribution in [3.63, 3.8) is 0 Å². The summed E-state index contributed by atoms with van der Waals surface area (Å²) in [6.07, 6.45) is 7.57. The number of tetrazole rings is 1. The maximum atomic E-state index is 8.36. The Bertz CT molecular complexity index is 932. The van der Waals surface area contributed by atoms with Crippen molar-refractivity contribution in [2.45, 2.75) is 32.0 Å². The van der Waals surface area contributed by atoms with Gasteiger partial charge in [0.1, 0.15) is 11.9 Å². The lowest BCUT2D eigenvalue weighted by molar-refractivity contribution is -0.122. The molecule has 0 spiro atoms. The van der Waals surface area contributed by atoms with Crippen LogP contribution in [0.5, 0.6) is 5.75 Å². The molecule has 1 aromatic carbocycles. The number of aryl methyl sites for hydroxylation is 2. The molecule has 3 aromatic rings. The molecule has 0 bridgehead atoms. The molecule has 1 N–H and O–H groups in total. The summed E-state index contributed by atoms with van der Waals surface area (Å²) in [5.74, 6) is 1.59. The number of hydrogen-bond acceptors (Lipinski definition) is 8. The number of nitrogens with zero attached hydrogens (tertiary/aromatic N) is 7. The molecule has 11 nitrogen and oxygen atoms in total. The molecule has 0 saturated carbocycles. The van der Waals surface area contributed by atoms with Gasteiger partial charge in [-0.15, -0.1) is 10.2 Å². The van der Waals surface area contributed by atoms with E-state index in [1.54, 1.807) is 7.05 Å². The van der Waals surface area contributed by atoms with Crippen LogP contribution in [0.3, 0.4) is 0 Å². The van der Waals surface area contributed by atoms with Crippen LogP contribution in [0.15, 0.2) is 43.0 Å². The molecule has 1 aliphatic heterocycles. The van der Waals surface area contributed by atoms with E-state index in [4.69, 9.17) is 19.4 Å². The van der Waals surface area contributed by atoms with E-state index in [0.29, 0.717) is 19.0 Å². The maximum Gasteiger partial charge on any atom is 0.290 e. The van der Waals surface area contributed by atoms with Crippen LogP contribution in [-0.2, 0) is 29.7 Å². The molecule has 1 aliphatic rings. The maximum absolute atomic E-state index is 8.36. The fraction of sp³-hybridized carbons (Fsp3) is 0.476. The summed E-state index contributed by atoms with van der Waals surface area (Å²) in [4.78, 5) is 16.2. The number of carbonyl (C=O) groups is 1. The van der Waals surface area contributed by atoms with Gasteiger partial charge in [-0.25, -0.2) is 4.98 Å². The third-order valence-corrected chi connectivity index (χ3v) is 4.96. The Balaban J connectivity index is 0.000000913. The van der Waals surface area contributed by atoms with Crippen LogP contribution in [0.1, 0.15) is 30.3 Å². The van der Waals surface area contributed by atoms with Crippen molar-refractivity contribution in [2.75, 3.05) is 26.3 Å². The Morgan fingerprint density at radius 2 is 2.16 bits per heavy atom. The number of morpholine rings is 1. The topological polar surface area (TPSA) is 120 Å². The van der Waals surface area contributed by atoms with Crippen LogP contribution in [0.4, 0.5) is 0 Å². The highest BCUT2D eigenvalue weighted by Crippen LogP contribution is 2.24. The first-order chi connectivity index (χ1) is 15.7. The molecular formula is C21H29N7O4. The number of ether oxygens (including phenoxy) is 2. The fourth-order valence-corrected chi connectivity index (χ4v) is 3.44. The zero-order chi connectivity index (χ0) is 22.6. The van der Waals surface area contributed by atoms with Gasteiger partial charge in [0.05, 0.1) is 26.6 Å². The molecule has 4 rings (SSSR count). The van der Waals surface area contributed by atoms with Crippen molar-refractivity contribution >= 4 is 6.47 Å². The van der Waals surface area contributed by atoms with Crippen molar-refractivity contribution in [3.05, 3.63) is 54.4 Å². The molecule has 32 heavy (non-hydrogen) atoms. The Morgan fingerprint density at radius 1 is 1.31 bits per heavy atom. The van der Waals surface area contributed by atoms with Crippen molar-refractivity contribution in [1.29, 1.82) is 0 Å². The van der Waals surface area contributed by atoms with Gasteiger partial charge >= 0.3 is 0 Å². The Morgan fingerprint density at radius 3 is 2.91 bits per heavy atom. The number of imidazole rings is 1. The molecule has 1 unspecified atom stereocenters. The minimum absolute atomic E-state index is 0.145. The van der Waals surface area contributed by atoms with E-state index in [1.807, 2.05) is 30.9 Å². The number of rotatable bonds is 9. The largest absolute Gasteiger partial charge is 0.493 e. The second-order valence-electron chi connectivity index (χ2n) is 7.30. The summed E-state index contributed by atoms with van der Waals surface area (Å²) in [7, 11) is 1.76. The molecule has 2 aromatic heterocycles. The molecular weight excluding hydrogens is 414 g/mol. The van der Waals surface area contributed by atoms with Crippen LogP contribution in [0.2, 0.25) is 0 Å². The van der Waals surface area contributed by atoms with Gasteiger partial charge < -0.3 is 19.1 Å². The highest BCUT2D eigenvalue weighted by molar-refractivity contribution is 5.33. The van der Waals surface area contributed by atoms with Crippen molar-refractivity contribution in [3.8, 4) is 5.75 Å². The Hall–Kier alpha value is -3.31. The van der Waals surface area contributed by atoms with Gasteiger partial charge in [-0.3, -0.25) is 9.69 Å². The lowest BCUT2D eigenvalue weighted by atomic mass is 10.1. The van der Waals surface area contributed by atoms with Crippen LogP contribution in [-0.4, -0.2) is 72.5 Å². The van der Waals surface area contributed by atoms with E-state index in [9.17, 15) is 0 Å². The molecule has 3 heterocycles. The molecule has 0 aliphatic carbocycles. The molecule has 172 valence electrons. The minimum atomic E-state index is -0.250. The Kier molecular flexibility index (Phi) is 9.14. The lowest BCUT2D eigenvalue weighted by Gasteiger charge is -2.31. The third-order valence-electron chi connectivity index (χ3n) is 4.96. The number of para-hydroxylation sites is 1. The smallest absolute Gasteiger partial charge is 0.290 e. The van der Waals surface area contributed by atoms with Gasteiger partial charge in [-0.05, 0) is 24.1 Å². The standard InChI is InChI=1S/C20H27N7O2.CH2O2/c1-25-23-20(22-24-25)19-15-27(11-13-29-19)14-17-6-2-3-7-18(17)28-12-5-4-9-26-10-8-21-16-26;2-1-3/h2-3,6-8,10,16,19H,4-5,9,11-15H2,1H3;1H,(H,2,3). The first kappa shape index (κ1) is 23.4. The number of carboxylic acid groups (broad SMARTS) is 1. The zero-order valence-electron chi connectivity index (χ0n) is 18.2. The quantitative estimate of drug-likeness (QED) is 0.388. The summed E-state index contributed by atoms with van der Waals surface area (Å²) in [5.41, 5.74) is 1.19. The average molecular weight is 444 g/mol. The van der Waals surface area contributed by atoms with Gasteiger partial charge in [-0.1, -0.05) is 18.2 Å². The predicted molar refractivity (Wildman–Crippen MR) is 115 cm³/mol. The van der Waals surface area contributed by atoms with E-state index < -0.39 is 0 Å². The summed E-state index contributed by atoms with van der Waals surface area (Å²) in [6.45, 7) is 4.50. The minimum Gasteiger partial charge on any atom is -0.493 e. The number of aromatic nitrogens is 6. The van der Waals surface area contributed by atoms with E-state index >= 15 is 0 Å². The second-order valence-corrected chi connectivity index (χ2v) is 7.30. The van der Waals surface area contributed by atoms with Crippen molar-refractivity contribution in [2.24, 2.45) is 7.05 Å². The van der Waals surface area contributed by atoms with E-state index in [-0.39, 0.29) is 12.6 Å². The number of hydrogen-bond donors (Lipinski definition) is 1. The van der Waals surface area contributed by atoms with Crippen molar-refractivity contribution in [1.82, 2.24) is 34.7 Å². The van der Waals surface area contributed by atoms with Gasteiger partial charge in [0.25, 0.3) is 6.47 Å². The summed E-state index contributed by atoms with van der Waals surface area (Å²) in [5, 5.41) is 19.2. The van der Waals surface area contributed by atoms with Gasteiger partial charge in [-0.2, -0.15) is 4.80 Å². The monoisotopic (exact) mass is 443 g/mol. The third kappa shape index (κ3) is 7.13. The van der Waals surface area contributed by atoms with Crippen LogP contribution < -0.4 is 4.74 Å². The van der Waals surface area contributed by atoms with Gasteiger partial charge in [0, 0.05) is 44.1 Å². The zero-order valence-corrected chi connectivity index (χ0v) is 18.2. The van der Waals surface area contributed by atoms with Crippen LogP contribution in [0, 0.1) is 0 Å².